The van der Waals surface area contributed by atoms with E-state index in [-0.39, 0.29) is 24.1 Å². The summed E-state index contributed by atoms with van der Waals surface area (Å²) in [5.74, 6) is -0.617. The number of nitrogens with one attached hydrogen (secondary N) is 4. The van der Waals surface area contributed by atoms with E-state index in [1.165, 1.54) is 0 Å². The van der Waals surface area contributed by atoms with Gasteiger partial charge in [-0.2, -0.15) is 0 Å². The normalized spacial score (nSPS) is 18.2. The summed E-state index contributed by atoms with van der Waals surface area (Å²) in [6.07, 6.45) is 5.12. The van der Waals surface area contributed by atoms with Crippen LogP contribution in [-0.4, -0.2) is 29.6 Å². The average molecular weight is 415 g/mol. The average Bonchev–Trinajstić information content (AvgIpc) is 3.16. The topological polar surface area (TPSA) is 109 Å². The second kappa shape index (κ2) is 9.65. The Morgan fingerprint density at radius 1 is 1.17 bits per heavy atom. The SMILES string of the molecule is CC(C)C[C@H](NC(=O)OCc1ccccc1)C(=O)NC1=CNC2(CCCC2)NC1=O. The molecule has 1 heterocycles. The fourth-order valence-corrected chi connectivity index (χ4v) is 3.77. The molecule has 1 aromatic carbocycles. The summed E-state index contributed by atoms with van der Waals surface area (Å²) in [4.78, 5) is 37.5. The van der Waals surface area contributed by atoms with E-state index in [0.717, 1.165) is 31.2 Å². The molecule has 3 rings (SSSR count). The molecule has 1 fully saturated rings. The van der Waals surface area contributed by atoms with Gasteiger partial charge in [0.2, 0.25) is 5.91 Å². The monoisotopic (exact) mass is 414 g/mol. The first-order valence-electron chi connectivity index (χ1n) is 10.5. The van der Waals surface area contributed by atoms with Gasteiger partial charge < -0.3 is 26.0 Å². The van der Waals surface area contributed by atoms with Gasteiger partial charge in [-0.1, -0.05) is 44.2 Å². The standard InChI is InChI=1S/C22H30N4O4/c1-15(2)12-17(25-21(29)30-14-16-8-4-3-5-9-16)19(27)24-18-13-23-22(26-20(18)28)10-6-7-11-22/h3-5,8-9,13,15,17,23H,6-7,10-12,14H2,1-2H3,(H,24,27)(H,25,29)(H,26,28)/t17-/m0/s1. The van der Waals surface area contributed by atoms with Gasteiger partial charge in [0.15, 0.2) is 0 Å². The van der Waals surface area contributed by atoms with Crippen molar-refractivity contribution in [3.05, 3.63) is 47.8 Å². The Morgan fingerprint density at radius 2 is 1.87 bits per heavy atom. The Hall–Kier alpha value is -3.03. The lowest BCUT2D eigenvalue weighted by Gasteiger charge is -2.35. The second-order valence-electron chi connectivity index (χ2n) is 8.32. The molecule has 3 amide bonds. The lowest BCUT2D eigenvalue weighted by molar-refractivity contribution is -0.126. The number of ether oxygens (including phenoxy) is 1. The molecule has 1 atom stereocenters. The first kappa shape index (κ1) is 21.7. The van der Waals surface area contributed by atoms with E-state index in [2.05, 4.69) is 21.3 Å². The highest BCUT2D eigenvalue weighted by atomic mass is 16.5. The maximum Gasteiger partial charge on any atom is 0.408 e. The first-order chi connectivity index (χ1) is 14.4. The van der Waals surface area contributed by atoms with Crippen molar-refractivity contribution >= 4 is 17.9 Å². The lowest BCUT2D eigenvalue weighted by atomic mass is 10.0. The summed E-state index contributed by atoms with van der Waals surface area (Å²) in [6.45, 7) is 4.02. The van der Waals surface area contributed by atoms with Crippen LogP contribution in [0.5, 0.6) is 0 Å². The molecular weight excluding hydrogens is 384 g/mol. The van der Waals surface area contributed by atoms with Gasteiger partial charge in [0.05, 0.1) is 0 Å². The Kier molecular flexibility index (Phi) is 6.97. The highest BCUT2D eigenvalue weighted by Crippen LogP contribution is 2.29. The molecule has 0 bridgehead atoms. The van der Waals surface area contributed by atoms with Crippen LogP contribution in [0.4, 0.5) is 4.79 Å². The highest BCUT2D eigenvalue weighted by molar-refractivity contribution is 5.99. The molecule has 4 N–H and O–H groups in total. The van der Waals surface area contributed by atoms with Gasteiger partial charge in [-0.25, -0.2) is 4.79 Å². The van der Waals surface area contributed by atoms with Gasteiger partial charge in [0.1, 0.15) is 24.0 Å². The summed E-state index contributed by atoms with van der Waals surface area (Å²) in [6, 6.07) is 8.49. The Morgan fingerprint density at radius 3 is 2.50 bits per heavy atom. The fourth-order valence-electron chi connectivity index (χ4n) is 3.77. The molecular formula is C22H30N4O4. The van der Waals surface area contributed by atoms with E-state index >= 15 is 0 Å². The molecule has 1 aromatic rings. The molecule has 0 aromatic heterocycles. The number of hydrogen-bond acceptors (Lipinski definition) is 5. The van der Waals surface area contributed by atoms with E-state index in [4.69, 9.17) is 4.74 Å². The Labute approximate surface area is 176 Å². The molecule has 0 saturated heterocycles. The van der Waals surface area contributed by atoms with Crippen LogP contribution in [0.3, 0.4) is 0 Å². The van der Waals surface area contributed by atoms with E-state index in [0.29, 0.717) is 6.42 Å². The van der Waals surface area contributed by atoms with Crippen LogP contribution in [0.1, 0.15) is 51.5 Å². The summed E-state index contributed by atoms with van der Waals surface area (Å²) >= 11 is 0. The van der Waals surface area contributed by atoms with Crippen LogP contribution in [0.25, 0.3) is 0 Å². The number of alkyl carbamates (subject to hydrolysis) is 1. The third kappa shape index (κ3) is 5.75. The van der Waals surface area contributed by atoms with Gasteiger partial charge in [0.25, 0.3) is 5.91 Å². The molecule has 1 aliphatic carbocycles. The van der Waals surface area contributed by atoms with Crippen molar-refractivity contribution in [1.29, 1.82) is 0 Å². The maximum absolute atomic E-state index is 12.8. The van der Waals surface area contributed by atoms with Gasteiger partial charge in [-0.05, 0) is 43.6 Å². The number of hydrogen-bond donors (Lipinski definition) is 4. The van der Waals surface area contributed by atoms with Crippen LogP contribution in [0.2, 0.25) is 0 Å². The van der Waals surface area contributed by atoms with Gasteiger partial charge in [0, 0.05) is 6.20 Å². The van der Waals surface area contributed by atoms with Crippen LogP contribution in [-0.2, 0) is 20.9 Å². The van der Waals surface area contributed by atoms with Crippen LogP contribution >= 0.6 is 0 Å². The maximum atomic E-state index is 12.8. The number of carbonyl (C=O) groups is 3. The molecule has 1 aliphatic heterocycles. The lowest BCUT2D eigenvalue weighted by Crippen LogP contribution is -2.61. The minimum atomic E-state index is -0.815. The van der Waals surface area contributed by atoms with Crippen molar-refractivity contribution < 1.29 is 19.1 Å². The number of rotatable bonds is 7. The molecule has 2 aliphatic rings. The van der Waals surface area contributed by atoms with E-state index in [9.17, 15) is 14.4 Å². The Bertz CT molecular complexity index is 801. The van der Waals surface area contributed by atoms with E-state index in [1.807, 2.05) is 44.2 Å². The van der Waals surface area contributed by atoms with Crippen molar-refractivity contribution in [2.24, 2.45) is 5.92 Å². The zero-order valence-electron chi connectivity index (χ0n) is 17.5. The largest absolute Gasteiger partial charge is 0.445 e. The predicted octanol–water partition coefficient (Wildman–Crippen LogP) is 2.27. The van der Waals surface area contributed by atoms with Crippen LogP contribution in [0.15, 0.2) is 42.2 Å². The van der Waals surface area contributed by atoms with E-state index < -0.39 is 23.7 Å². The Balaban J connectivity index is 1.57. The van der Waals surface area contributed by atoms with Crippen LogP contribution < -0.4 is 21.3 Å². The molecule has 162 valence electrons. The third-order valence-corrected chi connectivity index (χ3v) is 5.33. The number of amides is 3. The molecule has 30 heavy (non-hydrogen) atoms. The number of carbonyl (C=O) groups excluding carboxylic acids is 3. The van der Waals surface area contributed by atoms with Crippen molar-refractivity contribution in [1.82, 2.24) is 21.3 Å². The van der Waals surface area contributed by atoms with Gasteiger partial charge in [-0.3, -0.25) is 9.59 Å². The predicted molar refractivity (Wildman–Crippen MR) is 112 cm³/mol. The zero-order chi connectivity index (χ0) is 21.6. The van der Waals surface area contributed by atoms with E-state index in [1.54, 1.807) is 6.20 Å². The summed E-state index contributed by atoms with van der Waals surface area (Å²) in [7, 11) is 0. The van der Waals surface area contributed by atoms with Crippen molar-refractivity contribution in [3.63, 3.8) is 0 Å². The van der Waals surface area contributed by atoms with Gasteiger partial charge >= 0.3 is 6.09 Å². The molecule has 8 heteroatoms. The second-order valence-corrected chi connectivity index (χ2v) is 8.32. The minimum absolute atomic E-state index is 0.113. The van der Waals surface area contributed by atoms with Crippen molar-refractivity contribution in [2.45, 2.75) is 64.3 Å². The van der Waals surface area contributed by atoms with Crippen LogP contribution in [0, 0.1) is 5.92 Å². The highest BCUT2D eigenvalue weighted by Gasteiger charge is 2.38. The summed E-state index contributed by atoms with van der Waals surface area (Å²) in [5, 5.41) is 11.4. The minimum Gasteiger partial charge on any atom is -0.445 e. The molecule has 1 spiro atoms. The van der Waals surface area contributed by atoms with Gasteiger partial charge in [-0.15, -0.1) is 0 Å². The molecule has 0 radical (unpaired) electrons. The molecule has 0 unspecified atom stereocenters. The molecule has 1 saturated carbocycles. The summed E-state index contributed by atoms with van der Waals surface area (Å²) < 4.78 is 5.23. The van der Waals surface area contributed by atoms with Crippen molar-refractivity contribution in [2.75, 3.05) is 0 Å². The summed E-state index contributed by atoms with van der Waals surface area (Å²) in [5.41, 5.74) is 0.599. The fraction of sp³-hybridized carbons (Fsp3) is 0.500. The quantitative estimate of drug-likeness (QED) is 0.547. The third-order valence-electron chi connectivity index (χ3n) is 5.33. The van der Waals surface area contributed by atoms with Crippen molar-refractivity contribution in [3.8, 4) is 0 Å². The first-order valence-corrected chi connectivity index (χ1v) is 10.5. The smallest absolute Gasteiger partial charge is 0.408 e. The molecule has 8 nitrogen and oxygen atoms in total. The zero-order valence-corrected chi connectivity index (χ0v) is 17.5. The number of benzene rings is 1.